The van der Waals surface area contributed by atoms with E-state index in [0.717, 1.165) is 6.20 Å². The first-order chi connectivity index (χ1) is 11.8. The molecule has 0 saturated heterocycles. The molecule has 0 bridgehead atoms. The summed E-state index contributed by atoms with van der Waals surface area (Å²) in [6.45, 7) is 0. The third-order valence-electron chi connectivity index (χ3n) is 3.01. The number of aromatic amines is 1. The van der Waals surface area contributed by atoms with Crippen molar-refractivity contribution < 1.29 is 22.7 Å². The van der Waals surface area contributed by atoms with E-state index in [2.05, 4.69) is 20.6 Å². The van der Waals surface area contributed by atoms with Gasteiger partial charge in [0.15, 0.2) is 17.3 Å². The van der Waals surface area contributed by atoms with E-state index in [0.29, 0.717) is 9.70 Å². The van der Waals surface area contributed by atoms with Crippen LogP contribution in [0.25, 0.3) is 5.69 Å². The number of nitrogens with zero attached hydrogens (tertiary/aromatic N) is 3. The summed E-state index contributed by atoms with van der Waals surface area (Å²) in [4.78, 5) is 11.7. The van der Waals surface area contributed by atoms with Crippen LogP contribution in [0.15, 0.2) is 42.7 Å². The van der Waals surface area contributed by atoms with Gasteiger partial charge in [-0.15, -0.1) is 0 Å². The maximum absolute atomic E-state index is 13.4. The molecule has 0 saturated carbocycles. The number of carbonyl (C=O) groups is 1. The Morgan fingerprint density at radius 2 is 1.96 bits per heavy atom. The van der Waals surface area contributed by atoms with E-state index in [1.54, 1.807) is 0 Å². The number of nitrogens with one attached hydrogen (secondary N) is 2. The van der Waals surface area contributed by atoms with Crippen molar-refractivity contribution in [1.29, 1.82) is 0 Å². The third-order valence-corrected chi connectivity index (χ3v) is 3.26. The first kappa shape index (κ1) is 16.8. The minimum Gasteiger partial charge on any atom is -0.406 e. The number of halogens is 4. The van der Waals surface area contributed by atoms with Crippen LogP contribution in [0.1, 0.15) is 5.69 Å². The monoisotopic (exact) mass is 371 g/mol. The van der Waals surface area contributed by atoms with Gasteiger partial charge in [0.25, 0.3) is 0 Å². The Morgan fingerprint density at radius 1 is 1.24 bits per heavy atom. The Bertz CT molecular complexity index is 875. The summed E-state index contributed by atoms with van der Waals surface area (Å²) in [5.41, 5.74) is -1.12. The number of rotatable bonds is 3. The van der Waals surface area contributed by atoms with Gasteiger partial charge in [-0.05, 0) is 24.3 Å². The lowest BCUT2D eigenvalue weighted by Gasteiger charge is -2.12. The lowest BCUT2D eigenvalue weighted by Crippen LogP contribution is -2.20. The standard InChI is InChI=1S/C14H9ClF3N5O2/c15-8-1-3-9(4-2-8)23-12(14(16,17)18)10(7-20-23)25-13(24)21-11-5-6-19-22-11/h1-7H,(H2,19,21,22,24). The van der Waals surface area contributed by atoms with E-state index in [1.807, 2.05) is 0 Å². The second-order valence-electron chi connectivity index (χ2n) is 4.72. The smallest absolute Gasteiger partial charge is 0.406 e. The lowest BCUT2D eigenvalue weighted by molar-refractivity contribution is -0.143. The topological polar surface area (TPSA) is 84.8 Å². The molecule has 3 rings (SSSR count). The van der Waals surface area contributed by atoms with Gasteiger partial charge in [0.1, 0.15) is 0 Å². The van der Waals surface area contributed by atoms with Crippen LogP contribution < -0.4 is 10.1 Å². The fourth-order valence-corrected chi connectivity index (χ4v) is 2.13. The van der Waals surface area contributed by atoms with Crippen molar-refractivity contribution in [2.45, 2.75) is 6.18 Å². The molecule has 0 radical (unpaired) electrons. The summed E-state index contributed by atoms with van der Waals surface area (Å²) >= 11 is 5.73. The molecule has 0 unspecified atom stereocenters. The largest absolute Gasteiger partial charge is 0.437 e. The number of ether oxygens (including phenoxy) is 1. The number of hydrogen-bond donors (Lipinski definition) is 2. The van der Waals surface area contributed by atoms with Gasteiger partial charge in [-0.2, -0.15) is 23.4 Å². The Hall–Kier alpha value is -3.01. The second kappa shape index (κ2) is 6.48. The molecule has 0 atom stereocenters. The maximum Gasteiger partial charge on any atom is 0.437 e. The van der Waals surface area contributed by atoms with E-state index in [4.69, 9.17) is 16.3 Å². The Kier molecular flexibility index (Phi) is 4.36. The molecular formula is C14H9ClF3N5O2. The van der Waals surface area contributed by atoms with Gasteiger partial charge in [0.2, 0.25) is 0 Å². The quantitative estimate of drug-likeness (QED) is 0.731. The Labute approximate surface area is 143 Å². The Balaban J connectivity index is 1.92. The van der Waals surface area contributed by atoms with E-state index in [1.165, 1.54) is 36.5 Å². The van der Waals surface area contributed by atoms with Crippen molar-refractivity contribution in [3.05, 3.63) is 53.4 Å². The predicted molar refractivity (Wildman–Crippen MR) is 81.8 cm³/mol. The van der Waals surface area contributed by atoms with Crippen molar-refractivity contribution in [2.24, 2.45) is 0 Å². The van der Waals surface area contributed by atoms with E-state index < -0.39 is 23.7 Å². The van der Waals surface area contributed by atoms with Crippen LogP contribution in [0.3, 0.4) is 0 Å². The molecule has 0 aliphatic heterocycles. The van der Waals surface area contributed by atoms with Crippen molar-refractivity contribution in [3.63, 3.8) is 0 Å². The van der Waals surface area contributed by atoms with Gasteiger partial charge in [-0.1, -0.05) is 11.6 Å². The van der Waals surface area contributed by atoms with Crippen LogP contribution in [0.5, 0.6) is 5.75 Å². The van der Waals surface area contributed by atoms with Gasteiger partial charge in [-0.3, -0.25) is 10.4 Å². The fraction of sp³-hybridized carbons (Fsp3) is 0.0714. The van der Waals surface area contributed by atoms with Crippen molar-refractivity contribution in [2.75, 3.05) is 5.32 Å². The number of hydrogen-bond acceptors (Lipinski definition) is 4. The van der Waals surface area contributed by atoms with Crippen LogP contribution in [-0.2, 0) is 6.18 Å². The second-order valence-corrected chi connectivity index (χ2v) is 5.15. The van der Waals surface area contributed by atoms with Crippen LogP contribution in [-0.4, -0.2) is 26.1 Å². The van der Waals surface area contributed by atoms with Crippen molar-refractivity contribution >= 4 is 23.5 Å². The number of anilines is 1. The molecule has 1 aromatic carbocycles. The van der Waals surface area contributed by atoms with E-state index in [9.17, 15) is 18.0 Å². The SMILES string of the molecule is O=C(Nc1cc[nH]n1)Oc1cnn(-c2ccc(Cl)cc2)c1C(F)(F)F. The fourth-order valence-electron chi connectivity index (χ4n) is 2.01. The van der Waals surface area contributed by atoms with E-state index in [-0.39, 0.29) is 11.5 Å². The normalized spacial score (nSPS) is 11.4. The van der Waals surface area contributed by atoms with E-state index >= 15 is 0 Å². The molecule has 11 heteroatoms. The lowest BCUT2D eigenvalue weighted by atomic mass is 10.3. The number of aromatic nitrogens is 4. The minimum atomic E-state index is -4.81. The average Bonchev–Trinajstić information content (AvgIpc) is 3.17. The molecule has 0 spiro atoms. The Morgan fingerprint density at radius 3 is 2.56 bits per heavy atom. The summed E-state index contributed by atoms with van der Waals surface area (Å²) in [5.74, 6) is -0.640. The van der Waals surface area contributed by atoms with Gasteiger partial charge >= 0.3 is 12.3 Å². The number of benzene rings is 1. The summed E-state index contributed by atoms with van der Waals surface area (Å²) in [6, 6.07) is 6.96. The van der Waals surface area contributed by atoms with Crippen LogP contribution in [0.4, 0.5) is 23.8 Å². The third kappa shape index (κ3) is 3.74. The highest BCUT2D eigenvalue weighted by Gasteiger charge is 2.40. The van der Waals surface area contributed by atoms with Gasteiger partial charge in [-0.25, -0.2) is 9.48 Å². The number of amides is 1. The van der Waals surface area contributed by atoms with Crippen LogP contribution >= 0.6 is 11.6 Å². The van der Waals surface area contributed by atoms with Gasteiger partial charge < -0.3 is 4.74 Å². The van der Waals surface area contributed by atoms with Crippen molar-refractivity contribution in [1.82, 2.24) is 20.0 Å². The molecule has 2 aromatic heterocycles. The predicted octanol–water partition coefficient (Wildman–Crippen LogP) is 3.88. The van der Waals surface area contributed by atoms with Gasteiger partial charge in [0.05, 0.1) is 11.9 Å². The highest BCUT2D eigenvalue weighted by atomic mass is 35.5. The molecule has 2 N–H and O–H groups in total. The number of H-pyrrole nitrogens is 1. The molecule has 0 aliphatic rings. The number of alkyl halides is 3. The van der Waals surface area contributed by atoms with Crippen molar-refractivity contribution in [3.8, 4) is 11.4 Å². The molecule has 0 aliphatic carbocycles. The average molecular weight is 372 g/mol. The summed E-state index contributed by atoms with van der Waals surface area (Å²) < 4.78 is 45.6. The zero-order valence-corrected chi connectivity index (χ0v) is 13.0. The number of carbonyl (C=O) groups excluding carboxylic acids is 1. The molecule has 7 nitrogen and oxygen atoms in total. The highest BCUT2D eigenvalue weighted by Crippen LogP contribution is 2.37. The zero-order valence-electron chi connectivity index (χ0n) is 12.2. The zero-order chi connectivity index (χ0) is 18.0. The first-order valence-electron chi connectivity index (χ1n) is 6.74. The van der Waals surface area contributed by atoms with Crippen LogP contribution in [0.2, 0.25) is 5.02 Å². The molecule has 1 amide bonds. The highest BCUT2D eigenvalue weighted by molar-refractivity contribution is 6.30. The molecule has 3 aromatic rings. The van der Waals surface area contributed by atoms with Gasteiger partial charge in [0, 0.05) is 17.3 Å². The first-order valence-corrected chi connectivity index (χ1v) is 7.12. The summed E-state index contributed by atoms with van der Waals surface area (Å²) in [7, 11) is 0. The molecule has 130 valence electrons. The molecule has 2 heterocycles. The summed E-state index contributed by atoms with van der Waals surface area (Å²) in [5, 5.41) is 12.3. The van der Waals surface area contributed by atoms with Crippen LogP contribution in [0, 0.1) is 0 Å². The molecule has 25 heavy (non-hydrogen) atoms. The summed E-state index contributed by atoms with van der Waals surface area (Å²) in [6.07, 6.45) is -3.71. The maximum atomic E-state index is 13.4. The molecule has 0 fully saturated rings. The molecular weight excluding hydrogens is 363 g/mol. The minimum absolute atomic E-state index is 0.101.